The third-order valence-electron chi connectivity index (χ3n) is 3.07. The summed E-state index contributed by atoms with van der Waals surface area (Å²) in [5, 5.41) is 35.0. The average Bonchev–Trinajstić information content (AvgIpc) is 2.60. The molecule has 8 N–H and O–H groups in total. The van der Waals surface area contributed by atoms with Crippen molar-refractivity contribution >= 4 is 35.7 Å². The van der Waals surface area contributed by atoms with Crippen LogP contribution in [0.25, 0.3) is 0 Å². The van der Waals surface area contributed by atoms with Crippen LogP contribution >= 0.6 is 0 Å². The van der Waals surface area contributed by atoms with E-state index < -0.39 is 46.1 Å². The quantitative estimate of drug-likeness (QED) is 0.343. The zero-order valence-corrected chi connectivity index (χ0v) is 16.4. The molecule has 12 nitrogen and oxygen atoms in total. The Bertz CT molecular complexity index is 703. The summed E-state index contributed by atoms with van der Waals surface area (Å²) in [6, 6.07) is 1.02. The molecule has 0 aliphatic carbocycles. The third kappa shape index (κ3) is 11.0. The van der Waals surface area contributed by atoms with Crippen molar-refractivity contribution in [1.82, 2.24) is 0 Å². The molecule has 0 saturated carbocycles. The van der Waals surface area contributed by atoms with E-state index in [-0.39, 0.29) is 11.8 Å². The van der Waals surface area contributed by atoms with Crippen molar-refractivity contribution in [3.8, 4) is 0 Å². The second kappa shape index (κ2) is 14.1. The first-order chi connectivity index (χ1) is 13.8. The van der Waals surface area contributed by atoms with Gasteiger partial charge >= 0.3 is 23.9 Å². The molecule has 0 aromatic heterocycles. The lowest BCUT2D eigenvalue weighted by Gasteiger charge is -2.06. The number of benzene rings is 1. The van der Waals surface area contributed by atoms with Crippen LogP contribution in [-0.2, 0) is 9.59 Å². The normalized spacial score (nSPS) is 9.13. The van der Waals surface area contributed by atoms with Crippen molar-refractivity contribution < 1.29 is 49.2 Å². The topological polar surface area (TPSA) is 235 Å². The van der Waals surface area contributed by atoms with E-state index in [4.69, 9.17) is 31.9 Å². The van der Waals surface area contributed by atoms with E-state index in [1.54, 1.807) is 0 Å². The van der Waals surface area contributed by atoms with Gasteiger partial charge in [0.15, 0.2) is 0 Å². The van der Waals surface area contributed by atoms with Crippen LogP contribution in [0, 0.1) is 0 Å². The SMILES string of the molecule is CCCC(N)=O.CCCC(N)=O.O=C(O)c1cc(C(=O)O)c(C(=O)O)cc1C(=O)O. The number of amides is 2. The maximum Gasteiger partial charge on any atom is 0.336 e. The Morgan fingerprint density at radius 3 is 0.867 bits per heavy atom. The van der Waals surface area contributed by atoms with Crippen LogP contribution in [0.4, 0.5) is 0 Å². The molecule has 1 aromatic carbocycles. The third-order valence-corrected chi connectivity index (χ3v) is 3.07. The van der Waals surface area contributed by atoms with Gasteiger partial charge < -0.3 is 31.9 Å². The van der Waals surface area contributed by atoms with Crippen molar-refractivity contribution in [3.05, 3.63) is 34.4 Å². The van der Waals surface area contributed by atoms with Crippen molar-refractivity contribution in [1.29, 1.82) is 0 Å². The summed E-state index contributed by atoms with van der Waals surface area (Å²) < 4.78 is 0. The van der Waals surface area contributed by atoms with Gasteiger partial charge in [0.05, 0.1) is 22.3 Å². The van der Waals surface area contributed by atoms with Crippen LogP contribution < -0.4 is 11.5 Å². The number of nitrogens with two attached hydrogens (primary N) is 2. The highest BCUT2D eigenvalue weighted by molar-refractivity contribution is 6.09. The Morgan fingerprint density at radius 1 is 0.600 bits per heavy atom. The fourth-order valence-corrected chi connectivity index (χ4v) is 1.80. The van der Waals surface area contributed by atoms with Crippen molar-refractivity contribution in [3.63, 3.8) is 0 Å². The number of carbonyl (C=O) groups excluding carboxylic acids is 2. The van der Waals surface area contributed by atoms with E-state index in [0.29, 0.717) is 25.0 Å². The standard InChI is InChI=1S/C10H6O8.2C4H9NO/c11-7(12)3-1-4(8(13)14)6(10(17)18)2-5(3)9(15)16;2*1-2-3-4(5)6/h1-2H,(H,11,12)(H,13,14)(H,15,16)(H,17,18);2*2-3H2,1H3,(H2,5,6). The van der Waals surface area contributed by atoms with Gasteiger partial charge in [0, 0.05) is 12.8 Å². The molecule has 1 aromatic rings. The summed E-state index contributed by atoms with van der Waals surface area (Å²) in [5.74, 6) is -7.06. The van der Waals surface area contributed by atoms with E-state index in [2.05, 4.69) is 0 Å². The van der Waals surface area contributed by atoms with E-state index in [9.17, 15) is 28.8 Å². The Labute approximate surface area is 171 Å². The average molecular weight is 428 g/mol. The predicted molar refractivity (Wildman–Crippen MR) is 102 cm³/mol. The van der Waals surface area contributed by atoms with Gasteiger partial charge in [-0.2, -0.15) is 0 Å². The first-order valence-corrected chi connectivity index (χ1v) is 8.47. The largest absolute Gasteiger partial charge is 0.478 e. The second-order valence-electron chi connectivity index (χ2n) is 5.60. The summed E-state index contributed by atoms with van der Waals surface area (Å²) in [5.41, 5.74) is 6.38. The Kier molecular flexibility index (Phi) is 13.3. The van der Waals surface area contributed by atoms with E-state index in [1.165, 1.54) is 0 Å². The molecule has 1 rings (SSSR count). The second-order valence-corrected chi connectivity index (χ2v) is 5.60. The molecule has 0 aliphatic rings. The number of hydrogen-bond acceptors (Lipinski definition) is 6. The minimum absolute atomic E-state index is 0.211. The molecule has 0 spiro atoms. The highest BCUT2D eigenvalue weighted by Gasteiger charge is 2.24. The molecule has 2 amide bonds. The van der Waals surface area contributed by atoms with Crippen LogP contribution in [0.15, 0.2) is 12.1 Å². The molecule has 30 heavy (non-hydrogen) atoms. The van der Waals surface area contributed by atoms with Crippen LogP contribution in [-0.4, -0.2) is 56.1 Å². The lowest BCUT2D eigenvalue weighted by molar-refractivity contribution is -0.118. The van der Waals surface area contributed by atoms with Gasteiger partial charge in [-0.3, -0.25) is 9.59 Å². The van der Waals surface area contributed by atoms with Gasteiger partial charge in [-0.25, -0.2) is 19.2 Å². The molecule has 0 atom stereocenters. The minimum atomic E-state index is -1.66. The number of carboxylic acid groups (broad SMARTS) is 4. The van der Waals surface area contributed by atoms with Gasteiger partial charge in [0.1, 0.15) is 0 Å². The number of carboxylic acids is 4. The fourth-order valence-electron chi connectivity index (χ4n) is 1.80. The number of hydrogen-bond donors (Lipinski definition) is 6. The lowest BCUT2D eigenvalue weighted by atomic mass is 9.98. The van der Waals surface area contributed by atoms with Gasteiger partial charge in [-0.05, 0) is 25.0 Å². The van der Waals surface area contributed by atoms with E-state index in [0.717, 1.165) is 12.8 Å². The fraction of sp³-hybridized carbons (Fsp3) is 0.333. The lowest BCUT2D eigenvalue weighted by Crippen LogP contribution is -2.15. The highest BCUT2D eigenvalue weighted by atomic mass is 16.4. The summed E-state index contributed by atoms with van der Waals surface area (Å²) in [6.07, 6.45) is 2.74. The van der Waals surface area contributed by atoms with Gasteiger partial charge in [-0.15, -0.1) is 0 Å². The number of rotatable bonds is 8. The monoisotopic (exact) mass is 428 g/mol. The highest BCUT2D eigenvalue weighted by Crippen LogP contribution is 2.18. The minimum Gasteiger partial charge on any atom is -0.478 e. The zero-order chi connectivity index (χ0) is 24.0. The smallest absolute Gasteiger partial charge is 0.336 e. The molecule has 12 heteroatoms. The molecule has 0 aliphatic heterocycles. The molecule has 0 bridgehead atoms. The molecular weight excluding hydrogens is 404 g/mol. The maximum absolute atomic E-state index is 10.8. The molecular formula is C18H24N2O10. The van der Waals surface area contributed by atoms with E-state index in [1.807, 2.05) is 13.8 Å². The van der Waals surface area contributed by atoms with Crippen LogP contribution in [0.5, 0.6) is 0 Å². The van der Waals surface area contributed by atoms with Crippen LogP contribution in [0.3, 0.4) is 0 Å². The van der Waals surface area contributed by atoms with E-state index >= 15 is 0 Å². The first-order valence-electron chi connectivity index (χ1n) is 8.47. The Morgan fingerprint density at radius 2 is 0.800 bits per heavy atom. The van der Waals surface area contributed by atoms with Crippen LogP contribution in [0.1, 0.15) is 81.0 Å². The molecule has 0 radical (unpaired) electrons. The summed E-state index contributed by atoms with van der Waals surface area (Å²) in [7, 11) is 0. The predicted octanol–water partition coefficient (Wildman–Crippen LogP) is 1.02. The van der Waals surface area contributed by atoms with Crippen molar-refractivity contribution in [2.45, 2.75) is 39.5 Å². The number of carbonyl (C=O) groups is 6. The Hall–Kier alpha value is -3.96. The van der Waals surface area contributed by atoms with Gasteiger partial charge in [-0.1, -0.05) is 13.8 Å². The van der Waals surface area contributed by atoms with Crippen LogP contribution in [0.2, 0.25) is 0 Å². The molecule has 0 saturated heterocycles. The summed E-state index contributed by atoms with van der Waals surface area (Å²) >= 11 is 0. The molecule has 0 fully saturated rings. The Balaban J connectivity index is 0. The zero-order valence-electron chi connectivity index (χ0n) is 16.4. The van der Waals surface area contributed by atoms with Crippen molar-refractivity contribution in [2.24, 2.45) is 11.5 Å². The summed E-state index contributed by atoms with van der Waals surface area (Å²) in [6.45, 7) is 3.84. The molecule has 166 valence electrons. The number of primary amides is 2. The first kappa shape index (κ1) is 28.3. The summed E-state index contributed by atoms with van der Waals surface area (Å²) in [4.78, 5) is 62.8. The molecule has 0 unspecified atom stereocenters. The van der Waals surface area contributed by atoms with Crippen molar-refractivity contribution in [2.75, 3.05) is 0 Å². The molecule has 0 heterocycles. The number of aromatic carboxylic acids is 4. The van der Waals surface area contributed by atoms with Gasteiger partial charge in [0.2, 0.25) is 11.8 Å². The van der Waals surface area contributed by atoms with Gasteiger partial charge in [0.25, 0.3) is 0 Å². The maximum atomic E-state index is 10.8.